The number of aliphatic hydroxyl groups excluding tert-OH is 2. The van der Waals surface area contributed by atoms with Crippen molar-refractivity contribution in [1.29, 1.82) is 0 Å². The van der Waals surface area contributed by atoms with Crippen LogP contribution in [0, 0.1) is 0 Å². The van der Waals surface area contributed by atoms with E-state index in [1.54, 1.807) is 25.1 Å². The van der Waals surface area contributed by atoms with Gasteiger partial charge in [0.05, 0.1) is 33.7 Å². The summed E-state index contributed by atoms with van der Waals surface area (Å²) in [6, 6.07) is 26.4. The third kappa shape index (κ3) is 7.07. The third-order valence-corrected chi connectivity index (χ3v) is 8.35. The smallest absolute Gasteiger partial charge is 0.168 e. The van der Waals surface area contributed by atoms with E-state index >= 15 is 0 Å². The van der Waals surface area contributed by atoms with Gasteiger partial charge in [-0.3, -0.25) is 4.57 Å². The Kier molecular flexibility index (Phi) is 10.2. The molecule has 1 fully saturated rings. The van der Waals surface area contributed by atoms with Gasteiger partial charge in [-0.25, -0.2) is 15.0 Å². The first kappa shape index (κ1) is 32.4. The van der Waals surface area contributed by atoms with Crippen molar-refractivity contribution in [1.82, 2.24) is 24.8 Å². The minimum Gasteiger partial charge on any atom is -0.493 e. The number of aliphatic hydroxyl groups is 2. The SMILES string of the molecule is COC[C@H]1O[C@@H](n2cnc3c(NCC(c4ccccc4)c4ccccc4)nc(CNCc4ccc(OC)c(OC)c4)nc32)[C@H](O)[C@@H]1O. The number of fused-ring (bicyclic) bond motifs is 1. The number of rotatable bonds is 14. The monoisotopic (exact) mass is 640 g/mol. The molecule has 4 N–H and O–H groups in total. The van der Waals surface area contributed by atoms with Crippen molar-refractivity contribution in [3.8, 4) is 11.5 Å². The lowest BCUT2D eigenvalue weighted by Gasteiger charge is -2.20. The molecule has 0 radical (unpaired) electrons. The number of nitrogens with one attached hydrogen (secondary N) is 2. The first-order chi connectivity index (χ1) is 23.0. The summed E-state index contributed by atoms with van der Waals surface area (Å²) in [5, 5.41) is 28.5. The number of imidazole rings is 1. The van der Waals surface area contributed by atoms with Crippen LogP contribution in [0.4, 0.5) is 5.82 Å². The van der Waals surface area contributed by atoms with E-state index in [0.717, 1.165) is 5.56 Å². The summed E-state index contributed by atoms with van der Waals surface area (Å²) >= 11 is 0. The van der Waals surface area contributed by atoms with E-state index in [-0.39, 0.29) is 12.5 Å². The number of benzene rings is 3. The molecule has 0 bridgehead atoms. The Morgan fingerprint density at radius 3 is 2.21 bits per heavy atom. The summed E-state index contributed by atoms with van der Waals surface area (Å²) in [5.41, 5.74) is 4.32. The van der Waals surface area contributed by atoms with E-state index in [1.165, 1.54) is 18.2 Å². The molecule has 0 saturated carbocycles. The lowest BCUT2D eigenvalue weighted by molar-refractivity contribution is -0.0580. The normalized spacial score (nSPS) is 19.4. The molecule has 4 atom stereocenters. The molecule has 12 nitrogen and oxygen atoms in total. The molecule has 2 aromatic heterocycles. The lowest BCUT2D eigenvalue weighted by Crippen LogP contribution is -2.33. The highest BCUT2D eigenvalue weighted by Crippen LogP contribution is 2.33. The van der Waals surface area contributed by atoms with E-state index in [0.29, 0.717) is 53.9 Å². The highest BCUT2D eigenvalue weighted by Gasteiger charge is 2.44. The fourth-order valence-corrected chi connectivity index (χ4v) is 5.92. The summed E-state index contributed by atoms with van der Waals surface area (Å²) in [6.07, 6.45) is -2.38. The Morgan fingerprint density at radius 1 is 0.851 bits per heavy atom. The molecule has 47 heavy (non-hydrogen) atoms. The molecule has 1 aliphatic rings. The van der Waals surface area contributed by atoms with Gasteiger partial charge in [0.1, 0.15) is 24.1 Å². The Balaban J connectivity index is 1.31. The van der Waals surface area contributed by atoms with Crippen LogP contribution >= 0.6 is 0 Å². The molecular formula is C35H40N6O6. The van der Waals surface area contributed by atoms with Crippen molar-refractivity contribution in [2.24, 2.45) is 0 Å². The number of ether oxygens (including phenoxy) is 4. The van der Waals surface area contributed by atoms with Crippen LogP contribution in [0.25, 0.3) is 11.2 Å². The summed E-state index contributed by atoms with van der Waals surface area (Å²) in [7, 11) is 4.74. The van der Waals surface area contributed by atoms with Gasteiger partial charge in [-0.15, -0.1) is 0 Å². The standard InChI is InChI=1S/C35H40N6O6/c1-44-20-28-31(42)32(43)35(47-28)41-21-38-30-33(37-18-25(23-10-6-4-7-11-23)24-12-8-5-9-13-24)39-29(40-34(30)41)19-36-17-22-14-15-26(45-2)27(16-22)46-3/h4-16,21,25,28,31-32,35-36,42-43H,17-20H2,1-3H3,(H,37,39,40)/t28-,31-,32-,35-/m1/s1. The van der Waals surface area contributed by atoms with Crippen LogP contribution in [-0.2, 0) is 22.6 Å². The second-order valence-corrected chi connectivity index (χ2v) is 11.4. The molecule has 12 heteroatoms. The molecular weight excluding hydrogens is 600 g/mol. The maximum absolute atomic E-state index is 10.9. The van der Waals surface area contributed by atoms with E-state index in [2.05, 4.69) is 39.9 Å². The van der Waals surface area contributed by atoms with Crippen LogP contribution in [0.5, 0.6) is 11.5 Å². The predicted molar refractivity (Wildman–Crippen MR) is 176 cm³/mol. The van der Waals surface area contributed by atoms with E-state index in [4.69, 9.17) is 28.9 Å². The second-order valence-electron chi connectivity index (χ2n) is 11.4. The van der Waals surface area contributed by atoms with Crippen LogP contribution in [0.3, 0.4) is 0 Å². The Hall–Kier alpha value is -4.59. The summed E-state index contributed by atoms with van der Waals surface area (Å²) in [5.74, 6) is 2.42. The predicted octanol–water partition coefficient (Wildman–Crippen LogP) is 3.64. The van der Waals surface area contributed by atoms with Crippen molar-refractivity contribution in [2.45, 2.75) is 43.5 Å². The maximum Gasteiger partial charge on any atom is 0.168 e. The Bertz CT molecular complexity index is 1710. The van der Waals surface area contributed by atoms with Gasteiger partial charge in [0.25, 0.3) is 0 Å². The van der Waals surface area contributed by atoms with Gasteiger partial charge in [-0.1, -0.05) is 66.7 Å². The number of hydrogen-bond acceptors (Lipinski definition) is 11. The molecule has 0 amide bonds. The van der Waals surface area contributed by atoms with Crippen molar-refractivity contribution >= 4 is 17.0 Å². The van der Waals surface area contributed by atoms with Gasteiger partial charge < -0.3 is 39.8 Å². The molecule has 0 unspecified atom stereocenters. The zero-order chi connectivity index (χ0) is 32.8. The third-order valence-electron chi connectivity index (χ3n) is 8.35. The van der Waals surface area contributed by atoms with Crippen molar-refractivity contribution < 1.29 is 29.2 Å². The average molecular weight is 641 g/mol. The molecule has 1 aliphatic heterocycles. The van der Waals surface area contributed by atoms with Crippen LogP contribution in [0.2, 0.25) is 0 Å². The van der Waals surface area contributed by atoms with Crippen LogP contribution in [0.15, 0.2) is 85.2 Å². The van der Waals surface area contributed by atoms with E-state index < -0.39 is 24.5 Å². The highest BCUT2D eigenvalue weighted by atomic mass is 16.6. The number of hydrogen-bond donors (Lipinski definition) is 4. The van der Waals surface area contributed by atoms with Gasteiger partial charge in [0.15, 0.2) is 34.7 Å². The fourth-order valence-electron chi connectivity index (χ4n) is 5.92. The van der Waals surface area contributed by atoms with Crippen molar-refractivity contribution in [2.75, 3.05) is 39.8 Å². The first-order valence-electron chi connectivity index (χ1n) is 15.5. The Morgan fingerprint density at radius 2 is 1.55 bits per heavy atom. The van der Waals surface area contributed by atoms with Crippen molar-refractivity contribution in [3.05, 3.63) is 108 Å². The summed E-state index contributed by atoms with van der Waals surface area (Å²) in [6.45, 7) is 1.55. The molecule has 246 valence electrons. The number of methoxy groups -OCH3 is 3. The second kappa shape index (κ2) is 14.9. The highest BCUT2D eigenvalue weighted by molar-refractivity contribution is 5.83. The lowest BCUT2D eigenvalue weighted by atomic mass is 9.91. The van der Waals surface area contributed by atoms with Gasteiger partial charge in [0.2, 0.25) is 0 Å². The molecule has 6 rings (SSSR count). The molecule has 1 saturated heterocycles. The zero-order valence-corrected chi connectivity index (χ0v) is 26.6. The summed E-state index contributed by atoms with van der Waals surface area (Å²) in [4.78, 5) is 14.4. The average Bonchev–Trinajstić information content (AvgIpc) is 3.65. The van der Waals surface area contributed by atoms with Gasteiger partial charge in [-0.2, -0.15) is 0 Å². The number of aromatic nitrogens is 4. The molecule has 3 aromatic carbocycles. The zero-order valence-electron chi connectivity index (χ0n) is 26.6. The topological polar surface area (TPSA) is 145 Å². The van der Waals surface area contributed by atoms with Crippen LogP contribution in [0.1, 0.15) is 34.7 Å². The van der Waals surface area contributed by atoms with Crippen molar-refractivity contribution in [3.63, 3.8) is 0 Å². The van der Waals surface area contributed by atoms with Crippen LogP contribution in [-0.4, -0.2) is 82.5 Å². The largest absolute Gasteiger partial charge is 0.493 e. The quantitative estimate of drug-likeness (QED) is 0.141. The van der Waals surface area contributed by atoms with Gasteiger partial charge >= 0.3 is 0 Å². The first-order valence-corrected chi connectivity index (χ1v) is 15.5. The number of anilines is 1. The fraction of sp³-hybridized carbons (Fsp3) is 0.343. The van der Waals surface area contributed by atoms with Crippen LogP contribution < -0.4 is 20.1 Å². The van der Waals surface area contributed by atoms with Gasteiger partial charge in [-0.05, 0) is 28.8 Å². The number of nitrogens with zero attached hydrogens (tertiary/aromatic N) is 4. The summed E-state index contributed by atoms with van der Waals surface area (Å²) < 4.78 is 23.7. The van der Waals surface area contributed by atoms with E-state index in [9.17, 15) is 10.2 Å². The van der Waals surface area contributed by atoms with E-state index in [1.807, 2.05) is 54.6 Å². The molecule has 0 aliphatic carbocycles. The minimum atomic E-state index is -1.20. The Labute approximate surface area is 273 Å². The molecule has 3 heterocycles. The van der Waals surface area contributed by atoms with Gasteiger partial charge in [0, 0.05) is 26.1 Å². The molecule has 0 spiro atoms. The minimum absolute atomic E-state index is 0.0427. The maximum atomic E-state index is 10.9. The molecule has 5 aromatic rings.